The van der Waals surface area contributed by atoms with Crippen LogP contribution in [0, 0.1) is 0 Å². The fourth-order valence-corrected chi connectivity index (χ4v) is 5.75. The molecule has 0 saturated carbocycles. The molecule has 112 valence electrons. The van der Waals surface area contributed by atoms with Crippen LogP contribution in [0.25, 0.3) is 0 Å². The molecule has 2 heterocycles. The summed E-state index contributed by atoms with van der Waals surface area (Å²) in [6.45, 7) is 4.07. The molecule has 1 atom stereocenters. The summed E-state index contributed by atoms with van der Waals surface area (Å²) >= 11 is 1.34. The normalized spacial score (nSPS) is 21.0. The van der Waals surface area contributed by atoms with Gasteiger partial charge in [-0.25, -0.2) is 8.42 Å². The number of ketones is 1. The summed E-state index contributed by atoms with van der Waals surface area (Å²) in [5.74, 6) is 0.0533. The second-order valence-corrected chi connectivity index (χ2v) is 8.53. The van der Waals surface area contributed by atoms with Crippen LogP contribution in [0.5, 0.6) is 0 Å². The summed E-state index contributed by atoms with van der Waals surface area (Å²) in [5.41, 5.74) is 0. The molecule has 0 radical (unpaired) electrons. The predicted octanol–water partition coefficient (Wildman–Crippen LogP) is 2.83. The van der Waals surface area contributed by atoms with E-state index in [1.165, 1.54) is 18.3 Å². The zero-order valence-electron chi connectivity index (χ0n) is 12.0. The lowest BCUT2D eigenvalue weighted by molar-refractivity contribution is -0.118. The van der Waals surface area contributed by atoms with Gasteiger partial charge in [0.05, 0.1) is 0 Å². The van der Waals surface area contributed by atoms with E-state index in [9.17, 15) is 13.2 Å². The van der Waals surface area contributed by atoms with Crippen LogP contribution in [-0.2, 0) is 21.2 Å². The zero-order valence-corrected chi connectivity index (χ0v) is 13.6. The van der Waals surface area contributed by atoms with Crippen molar-refractivity contribution in [2.75, 3.05) is 6.54 Å². The van der Waals surface area contributed by atoms with Gasteiger partial charge in [0.15, 0.2) is 0 Å². The number of nitrogens with zero attached hydrogens (tertiary/aromatic N) is 1. The Hall–Kier alpha value is -0.720. The van der Waals surface area contributed by atoms with Gasteiger partial charge in [-0.15, -0.1) is 11.3 Å². The van der Waals surface area contributed by atoms with Crippen molar-refractivity contribution in [1.82, 2.24) is 4.31 Å². The van der Waals surface area contributed by atoms with E-state index < -0.39 is 10.0 Å². The fraction of sp³-hybridized carbons (Fsp3) is 0.643. The number of carbonyl (C=O) groups is 1. The number of aryl methyl sites for hydroxylation is 1. The summed E-state index contributed by atoms with van der Waals surface area (Å²) in [6, 6.07) is 3.40. The Bertz CT molecular complexity index is 577. The van der Waals surface area contributed by atoms with E-state index in [-0.39, 0.29) is 11.8 Å². The van der Waals surface area contributed by atoms with Crippen LogP contribution in [0.1, 0.15) is 44.4 Å². The van der Waals surface area contributed by atoms with Crippen molar-refractivity contribution in [3.63, 3.8) is 0 Å². The van der Waals surface area contributed by atoms with Crippen molar-refractivity contribution in [3.8, 4) is 0 Å². The highest BCUT2D eigenvalue weighted by Gasteiger charge is 2.34. The molecule has 1 aromatic rings. The molecule has 0 aromatic carbocycles. The molecule has 1 fully saturated rings. The highest BCUT2D eigenvalue weighted by atomic mass is 32.2. The van der Waals surface area contributed by atoms with Crippen molar-refractivity contribution >= 4 is 27.1 Å². The molecule has 0 bridgehead atoms. The third-order valence-electron chi connectivity index (χ3n) is 3.64. The van der Waals surface area contributed by atoms with Gasteiger partial charge in [-0.1, -0.05) is 13.3 Å². The maximum atomic E-state index is 12.7. The van der Waals surface area contributed by atoms with Crippen LogP contribution < -0.4 is 0 Å². The van der Waals surface area contributed by atoms with E-state index >= 15 is 0 Å². The van der Waals surface area contributed by atoms with Crippen LogP contribution in [0.4, 0.5) is 0 Å². The highest BCUT2D eigenvalue weighted by molar-refractivity contribution is 7.91. The summed E-state index contributed by atoms with van der Waals surface area (Å²) in [5, 5.41) is 0. The minimum atomic E-state index is -3.45. The Morgan fingerprint density at radius 1 is 1.40 bits per heavy atom. The van der Waals surface area contributed by atoms with Crippen LogP contribution in [-0.4, -0.2) is 31.1 Å². The van der Waals surface area contributed by atoms with Crippen molar-refractivity contribution < 1.29 is 13.2 Å². The second kappa shape index (κ2) is 6.37. The van der Waals surface area contributed by atoms with Crippen LogP contribution >= 0.6 is 11.3 Å². The molecule has 0 amide bonds. The second-order valence-electron chi connectivity index (χ2n) is 5.25. The van der Waals surface area contributed by atoms with Crippen molar-refractivity contribution in [2.24, 2.45) is 0 Å². The van der Waals surface area contributed by atoms with E-state index in [0.717, 1.165) is 30.6 Å². The molecule has 2 rings (SSSR count). The van der Waals surface area contributed by atoms with Gasteiger partial charge >= 0.3 is 0 Å². The number of sulfonamides is 1. The first-order chi connectivity index (χ1) is 9.45. The Morgan fingerprint density at radius 3 is 2.75 bits per heavy atom. The van der Waals surface area contributed by atoms with Gasteiger partial charge < -0.3 is 0 Å². The maximum Gasteiger partial charge on any atom is 0.252 e. The quantitative estimate of drug-likeness (QED) is 0.839. The van der Waals surface area contributed by atoms with Crippen LogP contribution in [0.15, 0.2) is 16.3 Å². The third-order valence-corrected chi connectivity index (χ3v) is 7.29. The third kappa shape index (κ3) is 3.30. The molecule has 1 saturated heterocycles. The number of rotatable bonds is 5. The first-order valence-electron chi connectivity index (χ1n) is 7.05. The average molecular weight is 315 g/mol. The molecule has 0 aliphatic carbocycles. The number of Topliss-reactive ketones (excluding diaryl/α,β-unsaturated/α-hetero) is 1. The molecule has 1 aromatic heterocycles. The van der Waals surface area contributed by atoms with Crippen molar-refractivity contribution in [1.29, 1.82) is 0 Å². The number of piperidine rings is 1. The average Bonchev–Trinajstić information content (AvgIpc) is 2.88. The molecule has 1 aliphatic rings. The Kier molecular flexibility index (Phi) is 4.99. The van der Waals surface area contributed by atoms with E-state index in [2.05, 4.69) is 0 Å². The van der Waals surface area contributed by atoms with Gasteiger partial charge in [0.25, 0.3) is 10.0 Å². The van der Waals surface area contributed by atoms with E-state index in [1.54, 1.807) is 10.4 Å². The number of hydrogen-bond donors (Lipinski definition) is 0. The highest BCUT2D eigenvalue weighted by Crippen LogP contribution is 2.31. The number of carbonyl (C=O) groups excluding carboxylic acids is 1. The van der Waals surface area contributed by atoms with E-state index in [1.807, 2.05) is 13.0 Å². The van der Waals surface area contributed by atoms with Gasteiger partial charge in [-0.3, -0.25) is 4.79 Å². The number of hydrogen-bond acceptors (Lipinski definition) is 4. The Morgan fingerprint density at radius 2 is 2.15 bits per heavy atom. The molecule has 20 heavy (non-hydrogen) atoms. The topological polar surface area (TPSA) is 54.5 Å². The Labute approximate surface area is 124 Å². The van der Waals surface area contributed by atoms with Crippen molar-refractivity contribution in [3.05, 3.63) is 17.0 Å². The largest absolute Gasteiger partial charge is 0.300 e. The van der Waals surface area contributed by atoms with Crippen LogP contribution in [0.3, 0.4) is 0 Å². The van der Waals surface area contributed by atoms with Crippen LogP contribution in [0.2, 0.25) is 0 Å². The molecule has 1 aliphatic heterocycles. The first kappa shape index (κ1) is 15.7. The lowest BCUT2D eigenvalue weighted by atomic mass is 10.0. The molecular formula is C14H21NO3S2. The van der Waals surface area contributed by atoms with Gasteiger partial charge in [0.1, 0.15) is 9.99 Å². The first-order valence-corrected chi connectivity index (χ1v) is 9.30. The smallest absolute Gasteiger partial charge is 0.252 e. The van der Waals surface area contributed by atoms with E-state index in [4.69, 9.17) is 0 Å². The summed E-state index contributed by atoms with van der Waals surface area (Å²) < 4.78 is 27.4. The SMILES string of the molecule is CCc1ccc(S(=O)(=O)N2CCCCC2CC(C)=O)s1. The standard InChI is InChI=1S/C14H21NO3S2/c1-3-13-7-8-14(19-13)20(17,18)15-9-5-4-6-12(15)10-11(2)16/h7-8,12H,3-6,9-10H2,1-2H3. The fourth-order valence-electron chi connectivity index (χ4n) is 2.63. The Balaban J connectivity index is 2.27. The molecule has 0 spiro atoms. The molecule has 1 unspecified atom stereocenters. The summed E-state index contributed by atoms with van der Waals surface area (Å²) in [7, 11) is -3.45. The predicted molar refractivity (Wildman–Crippen MR) is 80.5 cm³/mol. The maximum absolute atomic E-state index is 12.7. The monoisotopic (exact) mass is 315 g/mol. The van der Waals surface area contributed by atoms with Gasteiger partial charge in [-0.05, 0) is 38.3 Å². The molecular weight excluding hydrogens is 294 g/mol. The minimum Gasteiger partial charge on any atom is -0.300 e. The van der Waals surface area contributed by atoms with Gasteiger partial charge in [0.2, 0.25) is 0 Å². The molecule has 0 N–H and O–H groups in total. The van der Waals surface area contributed by atoms with Crippen molar-refractivity contribution in [2.45, 2.75) is 56.2 Å². The number of thiophene rings is 1. The minimum absolute atomic E-state index is 0.0533. The molecule has 4 nitrogen and oxygen atoms in total. The summed E-state index contributed by atoms with van der Waals surface area (Å²) in [6.07, 6.45) is 3.82. The van der Waals surface area contributed by atoms with E-state index in [0.29, 0.717) is 17.2 Å². The van der Waals surface area contributed by atoms with Gasteiger partial charge in [0, 0.05) is 23.9 Å². The zero-order chi connectivity index (χ0) is 14.8. The lowest BCUT2D eigenvalue weighted by Crippen LogP contribution is -2.44. The lowest BCUT2D eigenvalue weighted by Gasteiger charge is -2.33. The van der Waals surface area contributed by atoms with Gasteiger partial charge in [-0.2, -0.15) is 4.31 Å². The molecule has 6 heteroatoms. The summed E-state index contributed by atoms with van der Waals surface area (Å²) in [4.78, 5) is 12.4.